The van der Waals surface area contributed by atoms with Crippen LogP contribution in [0.1, 0.15) is 328 Å². The molecule has 2 unspecified atom stereocenters. The predicted octanol–water partition coefficient (Wildman–Crippen LogP) is 19.7. The standard InChI is InChI=1S/C65H121NO5/c1-3-5-7-9-11-13-15-17-18-30-34-37-41-45-49-53-57-63(68)62(61-67)66-64(69)58-54-50-46-42-38-35-31-28-26-24-22-20-19-21-23-25-27-29-32-36-40-44-48-52-56-60-71-65(70)59-55-51-47-43-39-33-16-14-12-10-8-6-4-2/h8,10,14,16,20-23,62-63,67-68H,3-7,9,11-13,15,17-19,24-61H2,1-2H3,(H,66,69)/b10-8-,16-14-,22-20-,23-21-. The van der Waals surface area contributed by atoms with Gasteiger partial charge in [-0.25, -0.2) is 0 Å². The van der Waals surface area contributed by atoms with E-state index in [-0.39, 0.29) is 18.5 Å². The molecular formula is C65H121NO5. The van der Waals surface area contributed by atoms with Crippen LogP contribution < -0.4 is 5.32 Å². The van der Waals surface area contributed by atoms with Gasteiger partial charge in [0.25, 0.3) is 0 Å². The van der Waals surface area contributed by atoms with Crippen LogP contribution in [-0.2, 0) is 14.3 Å². The van der Waals surface area contributed by atoms with Gasteiger partial charge in [-0.3, -0.25) is 9.59 Å². The molecule has 0 aliphatic heterocycles. The molecule has 0 aromatic rings. The van der Waals surface area contributed by atoms with Gasteiger partial charge in [0.2, 0.25) is 5.91 Å². The Morgan fingerprint density at radius 3 is 1.13 bits per heavy atom. The summed E-state index contributed by atoms with van der Waals surface area (Å²) in [7, 11) is 0. The molecule has 2 atom stereocenters. The summed E-state index contributed by atoms with van der Waals surface area (Å²) in [6.07, 6.45) is 76.9. The summed E-state index contributed by atoms with van der Waals surface area (Å²) in [4.78, 5) is 24.5. The maximum Gasteiger partial charge on any atom is 0.305 e. The van der Waals surface area contributed by atoms with E-state index in [0.717, 1.165) is 57.8 Å². The molecule has 6 heteroatoms. The van der Waals surface area contributed by atoms with Crippen molar-refractivity contribution in [1.29, 1.82) is 0 Å². The first kappa shape index (κ1) is 68.8. The van der Waals surface area contributed by atoms with Crippen molar-refractivity contribution in [3.8, 4) is 0 Å². The third-order valence-corrected chi connectivity index (χ3v) is 14.3. The summed E-state index contributed by atoms with van der Waals surface area (Å²) in [6.45, 7) is 4.89. The van der Waals surface area contributed by atoms with Crippen LogP contribution in [0.15, 0.2) is 48.6 Å². The van der Waals surface area contributed by atoms with Crippen molar-refractivity contribution in [1.82, 2.24) is 5.32 Å². The van der Waals surface area contributed by atoms with E-state index in [9.17, 15) is 19.8 Å². The second-order valence-electron chi connectivity index (χ2n) is 21.4. The smallest absolute Gasteiger partial charge is 0.305 e. The molecule has 0 aliphatic carbocycles. The van der Waals surface area contributed by atoms with E-state index >= 15 is 0 Å². The molecule has 0 rings (SSSR count). The number of rotatable bonds is 58. The van der Waals surface area contributed by atoms with Crippen molar-refractivity contribution in [2.75, 3.05) is 13.2 Å². The highest BCUT2D eigenvalue weighted by Gasteiger charge is 2.20. The fourth-order valence-corrected chi connectivity index (χ4v) is 9.53. The van der Waals surface area contributed by atoms with Gasteiger partial charge in [0, 0.05) is 12.8 Å². The molecule has 0 saturated carbocycles. The highest BCUT2D eigenvalue weighted by Crippen LogP contribution is 2.17. The average molecular weight is 997 g/mol. The van der Waals surface area contributed by atoms with E-state index in [1.807, 2.05) is 0 Å². The van der Waals surface area contributed by atoms with Gasteiger partial charge in [0.15, 0.2) is 0 Å². The average Bonchev–Trinajstić information content (AvgIpc) is 3.37. The Balaban J connectivity index is 3.44. The molecular weight excluding hydrogens is 875 g/mol. The van der Waals surface area contributed by atoms with Crippen LogP contribution in [0, 0.1) is 0 Å². The topological polar surface area (TPSA) is 95.9 Å². The zero-order chi connectivity index (χ0) is 51.4. The first-order valence-corrected chi connectivity index (χ1v) is 31.4. The van der Waals surface area contributed by atoms with Gasteiger partial charge in [0.1, 0.15) is 0 Å². The van der Waals surface area contributed by atoms with Gasteiger partial charge < -0.3 is 20.3 Å². The number of ether oxygens (including phenoxy) is 1. The Morgan fingerprint density at radius 2 is 0.732 bits per heavy atom. The minimum absolute atomic E-state index is 0.00662. The molecule has 0 fully saturated rings. The maximum atomic E-state index is 12.5. The minimum Gasteiger partial charge on any atom is -0.466 e. The number of carbonyl (C=O) groups is 2. The largest absolute Gasteiger partial charge is 0.466 e. The summed E-state index contributed by atoms with van der Waals surface area (Å²) < 4.78 is 5.46. The fourth-order valence-electron chi connectivity index (χ4n) is 9.53. The zero-order valence-corrected chi connectivity index (χ0v) is 47.5. The lowest BCUT2D eigenvalue weighted by Gasteiger charge is -2.22. The van der Waals surface area contributed by atoms with Gasteiger partial charge in [0.05, 0.1) is 25.4 Å². The number of amides is 1. The molecule has 0 aromatic heterocycles. The third-order valence-electron chi connectivity index (χ3n) is 14.3. The van der Waals surface area contributed by atoms with E-state index in [0.29, 0.717) is 25.9 Å². The molecule has 0 radical (unpaired) electrons. The van der Waals surface area contributed by atoms with Gasteiger partial charge in [-0.05, 0) is 83.5 Å². The molecule has 3 N–H and O–H groups in total. The minimum atomic E-state index is -0.669. The van der Waals surface area contributed by atoms with E-state index in [2.05, 4.69) is 67.8 Å². The molecule has 0 aliphatic rings. The van der Waals surface area contributed by atoms with Crippen molar-refractivity contribution in [2.24, 2.45) is 0 Å². The second-order valence-corrected chi connectivity index (χ2v) is 21.4. The summed E-state index contributed by atoms with van der Waals surface area (Å²) in [5.74, 6) is -0.0465. The Morgan fingerprint density at radius 1 is 0.394 bits per heavy atom. The van der Waals surface area contributed by atoms with Crippen LogP contribution in [0.3, 0.4) is 0 Å². The summed E-state index contributed by atoms with van der Waals surface area (Å²) >= 11 is 0. The third kappa shape index (κ3) is 57.0. The molecule has 0 spiro atoms. The van der Waals surface area contributed by atoms with Crippen molar-refractivity contribution >= 4 is 11.9 Å². The van der Waals surface area contributed by atoms with Crippen LogP contribution in [-0.4, -0.2) is 47.4 Å². The quantitative estimate of drug-likeness (QED) is 0.0321. The predicted molar refractivity (Wildman–Crippen MR) is 310 cm³/mol. The Hall–Kier alpha value is -2.18. The highest BCUT2D eigenvalue weighted by atomic mass is 16.5. The first-order chi connectivity index (χ1) is 35.0. The lowest BCUT2D eigenvalue weighted by atomic mass is 10.0. The Kier molecular flexibility index (Phi) is 58.5. The van der Waals surface area contributed by atoms with E-state index in [1.54, 1.807) is 0 Å². The maximum absolute atomic E-state index is 12.5. The van der Waals surface area contributed by atoms with E-state index in [4.69, 9.17) is 4.74 Å². The molecule has 6 nitrogen and oxygen atoms in total. The van der Waals surface area contributed by atoms with Crippen LogP contribution in [0.2, 0.25) is 0 Å². The number of nitrogens with one attached hydrogen (secondary N) is 1. The lowest BCUT2D eigenvalue weighted by molar-refractivity contribution is -0.143. The van der Waals surface area contributed by atoms with Crippen molar-refractivity contribution in [3.63, 3.8) is 0 Å². The molecule has 0 saturated heterocycles. The number of carbonyl (C=O) groups excluding carboxylic acids is 2. The van der Waals surface area contributed by atoms with Crippen molar-refractivity contribution < 1.29 is 24.5 Å². The van der Waals surface area contributed by atoms with Gasteiger partial charge in [-0.1, -0.05) is 281 Å². The van der Waals surface area contributed by atoms with Crippen LogP contribution in [0.4, 0.5) is 0 Å². The number of allylic oxidation sites excluding steroid dienone is 8. The second kappa shape index (κ2) is 60.4. The van der Waals surface area contributed by atoms with Gasteiger partial charge in [-0.15, -0.1) is 0 Å². The molecule has 0 aromatic carbocycles. The summed E-state index contributed by atoms with van der Waals surface area (Å²) in [5, 5.41) is 23.3. The van der Waals surface area contributed by atoms with Crippen molar-refractivity contribution in [3.05, 3.63) is 48.6 Å². The first-order valence-electron chi connectivity index (χ1n) is 31.4. The molecule has 0 heterocycles. The summed E-state index contributed by atoms with van der Waals surface area (Å²) in [5.41, 5.74) is 0. The van der Waals surface area contributed by atoms with Crippen LogP contribution >= 0.6 is 0 Å². The van der Waals surface area contributed by atoms with Gasteiger partial charge in [-0.2, -0.15) is 0 Å². The summed E-state index contributed by atoms with van der Waals surface area (Å²) in [6, 6.07) is -0.547. The van der Waals surface area contributed by atoms with Crippen LogP contribution in [0.5, 0.6) is 0 Å². The number of esters is 1. The lowest BCUT2D eigenvalue weighted by Crippen LogP contribution is -2.45. The molecule has 1 amide bonds. The van der Waals surface area contributed by atoms with Crippen molar-refractivity contribution in [2.45, 2.75) is 341 Å². The number of unbranched alkanes of at least 4 members (excludes halogenated alkanes) is 39. The number of aliphatic hydroxyl groups is 2. The van der Waals surface area contributed by atoms with E-state index in [1.165, 1.54) is 238 Å². The van der Waals surface area contributed by atoms with Gasteiger partial charge >= 0.3 is 5.97 Å². The number of hydrogen-bond acceptors (Lipinski definition) is 5. The molecule has 416 valence electrons. The number of aliphatic hydroxyl groups excluding tert-OH is 2. The monoisotopic (exact) mass is 996 g/mol. The molecule has 0 bridgehead atoms. The van der Waals surface area contributed by atoms with Crippen LogP contribution in [0.25, 0.3) is 0 Å². The zero-order valence-electron chi connectivity index (χ0n) is 47.5. The SMILES string of the molecule is CCC/C=C\C/C=C\CCCCCCCC(=O)OCCCCCCCCCCC/C=C\C/C=C\CCCCCCCCCCCC(=O)NC(CO)C(O)CCCCCCCCCCCCCCCCCC. The molecule has 71 heavy (non-hydrogen) atoms. The number of hydrogen-bond donors (Lipinski definition) is 3. The normalized spacial score (nSPS) is 12.9. The van der Waals surface area contributed by atoms with E-state index < -0.39 is 12.1 Å². The fraction of sp³-hybridized carbons (Fsp3) is 0.846. The Bertz CT molecular complexity index is 1190. The highest BCUT2D eigenvalue weighted by molar-refractivity contribution is 5.76. The Labute approximate surface area is 442 Å².